The largest absolute Gasteiger partial charge is 0.368 e. The number of hydrogen-bond acceptors (Lipinski definition) is 9. The summed E-state index contributed by atoms with van der Waals surface area (Å²) in [5.41, 5.74) is 1.57. The van der Waals surface area contributed by atoms with Crippen LogP contribution in [0.5, 0.6) is 0 Å². The maximum absolute atomic E-state index is 11.0. The summed E-state index contributed by atoms with van der Waals surface area (Å²) in [6.45, 7) is 0.979. The number of hydrogen-bond donors (Lipinski definition) is 2. The summed E-state index contributed by atoms with van der Waals surface area (Å²) < 4.78 is 1.59. The first kappa shape index (κ1) is 18.8. The molecule has 0 spiro atoms. The number of rotatable bonds is 7. The maximum Gasteiger partial charge on any atom is 0.270 e. The highest BCUT2D eigenvalue weighted by Gasteiger charge is 2.12. The second-order valence-corrected chi connectivity index (χ2v) is 6.23. The number of nitrogens with one attached hydrogen (secondary N) is 2. The Morgan fingerprint density at radius 2 is 1.90 bits per heavy atom. The second-order valence-electron chi connectivity index (χ2n) is 6.23. The van der Waals surface area contributed by atoms with Gasteiger partial charge in [0.2, 0.25) is 5.95 Å². The molecule has 0 aliphatic rings. The first-order chi connectivity index (χ1) is 14.7. The van der Waals surface area contributed by atoms with Crippen molar-refractivity contribution in [3.63, 3.8) is 0 Å². The molecule has 0 aliphatic heterocycles. The number of tetrazole rings is 1. The minimum absolute atomic E-state index is 0.0816. The SMILES string of the molecule is N#Cc1cc(NCCNc2nnnn2-c2ccccc2)nc2ccc([N+](=O)[O-])cc12. The van der Waals surface area contributed by atoms with Crippen molar-refractivity contribution in [3.8, 4) is 11.8 Å². The number of nitriles is 1. The van der Waals surface area contributed by atoms with Crippen LogP contribution in [0.2, 0.25) is 0 Å². The number of benzene rings is 2. The van der Waals surface area contributed by atoms with Gasteiger partial charge in [-0.2, -0.15) is 9.94 Å². The van der Waals surface area contributed by atoms with Crippen LogP contribution in [0.4, 0.5) is 17.5 Å². The molecule has 0 unspecified atom stereocenters. The summed E-state index contributed by atoms with van der Waals surface area (Å²) in [6, 6.07) is 17.4. The Labute approximate surface area is 170 Å². The van der Waals surface area contributed by atoms with Gasteiger partial charge in [-0.05, 0) is 34.7 Å². The Balaban J connectivity index is 1.44. The third-order valence-electron chi connectivity index (χ3n) is 4.31. The van der Waals surface area contributed by atoms with Gasteiger partial charge in [0, 0.05) is 30.6 Å². The zero-order valence-electron chi connectivity index (χ0n) is 15.6. The highest BCUT2D eigenvalue weighted by Crippen LogP contribution is 2.24. The number of para-hydroxylation sites is 1. The summed E-state index contributed by atoms with van der Waals surface area (Å²) in [5, 5.41) is 38.7. The van der Waals surface area contributed by atoms with Crippen LogP contribution in [-0.4, -0.2) is 43.2 Å². The summed E-state index contributed by atoms with van der Waals surface area (Å²) in [7, 11) is 0. The molecule has 4 rings (SSSR count). The van der Waals surface area contributed by atoms with Gasteiger partial charge >= 0.3 is 0 Å². The van der Waals surface area contributed by atoms with Crippen LogP contribution in [-0.2, 0) is 0 Å². The third kappa shape index (κ3) is 3.83. The van der Waals surface area contributed by atoms with Crippen LogP contribution in [0.1, 0.15) is 5.56 Å². The lowest BCUT2D eigenvalue weighted by molar-refractivity contribution is -0.384. The number of fused-ring (bicyclic) bond motifs is 1. The lowest BCUT2D eigenvalue weighted by Crippen LogP contribution is -2.17. The molecule has 0 radical (unpaired) electrons. The minimum atomic E-state index is -0.499. The molecule has 0 amide bonds. The number of aromatic nitrogens is 5. The molecule has 0 bridgehead atoms. The first-order valence-electron chi connectivity index (χ1n) is 8.96. The average Bonchev–Trinajstić information content (AvgIpc) is 3.25. The van der Waals surface area contributed by atoms with E-state index in [-0.39, 0.29) is 5.69 Å². The molecule has 2 aromatic heterocycles. The van der Waals surface area contributed by atoms with Crippen molar-refractivity contribution in [3.05, 3.63) is 70.3 Å². The molecule has 148 valence electrons. The zero-order valence-corrected chi connectivity index (χ0v) is 15.6. The number of pyridine rings is 1. The lowest BCUT2D eigenvalue weighted by atomic mass is 10.1. The Morgan fingerprint density at radius 3 is 2.67 bits per heavy atom. The van der Waals surface area contributed by atoms with Crippen molar-refractivity contribution in [2.75, 3.05) is 23.7 Å². The van der Waals surface area contributed by atoms with E-state index in [9.17, 15) is 15.4 Å². The van der Waals surface area contributed by atoms with E-state index in [1.807, 2.05) is 30.3 Å². The molecule has 0 fully saturated rings. The standard InChI is InChI=1S/C19H15N9O2/c20-12-13-10-18(23-17-7-6-15(28(29)30)11-16(13)17)21-8-9-22-19-24-25-26-27(19)14-4-2-1-3-5-14/h1-7,10-11H,8-9H2,(H,21,23)(H,22,24,26). The zero-order chi connectivity index (χ0) is 20.9. The molecule has 30 heavy (non-hydrogen) atoms. The van der Waals surface area contributed by atoms with Gasteiger partial charge in [-0.3, -0.25) is 10.1 Å². The second kappa shape index (κ2) is 8.19. The fourth-order valence-corrected chi connectivity index (χ4v) is 2.92. The van der Waals surface area contributed by atoms with Gasteiger partial charge in [0.25, 0.3) is 5.69 Å². The Kier molecular flexibility index (Phi) is 5.12. The van der Waals surface area contributed by atoms with Crippen LogP contribution in [0, 0.1) is 21.4 Å². The molecule has 2 heterocycles. The number of nitro benzene ring substituents is 1. The molecular formula is C19H15N9O2. The molecule has 0 atom stereocenters. The van der Waals surface area contributed by atoms with E-state index in [4.69, 9.17) is 0 Å². The fraction of sp³-hybridized carbons (Fsp3) is 0.105. The number of nitro groups is 1. The van der Waals surface area contributed by atoms with Crippen LogP contribution in [0.15, 0.2) is 54.6 Å². The molecule has 11 nitrogen and oxygen atoms in total. The smallest absolute Gasteiger partial charge is 0.270 e. The van der Waals surface area contributed by atoms with Crippen LogP contribution in [0.3, 0.4) is 0 Å². The van der Waals surface area contributed by atoms with Gasteiger partial charge in [-0.1, -0.05) is 23.3 Å². The van der Waals surface area contributed by atoms with E-state index in [2.05, 4.69) is 37.2 Å². The lowest BCUT2D eigenvalue weighted by Gasteiger charge is -2.10. The minimum Gasteiger partial charge on any atom is -0.368 e. The van der Waals surface area contributed by atoms with E-state index in [1.54, 1.807) is 10.7 Å². The van der Waals surface area contributed by atoms with Gasteiger partial charge in [0.15, 0.2) is 0 Å². The molecule has 2 aromatic carbocycles. The quantitative estimate of drug-likeness (QED) is 0.271. The first-order valence-corrected chi connectivity index (χ1v) is 8.96. The number of anilines is 2. The van der Waals surface area contributed by atoms with Crippen LogP contribution < -0.4 is 10.6 Å². The Morgan fingerprint density at radius 1 is 1.10 bits per heavy atom. The topological polar surface area (TPSA) is 147 Å². The van der Waals surface area contributed by atoms with Gasteiger partial charge < -0.3 is 10.6 Å². The van der Waals surface area contributed by atoms with E-state index >= 15 is 0 Å². The normalized spacial score (nSPS) is 10.5. The highest BCUT2D eigenvalue weighted by atomic mass is 16.6. The summed E-state index contributed by atoms with van der Waals surface area (Å²) in [6.07, 6.45) is 0. The average molecular weight is 401 g/mol. The van der Waals surface area contributed by atoms with Crippen molar-refractivity contribution >= 4 is 28.4 Å². The molecule has 0 saturated heterocycles. The summed E-state index contributed by atoms with van der Waals surface area (Å²) >= 11 is 0. The molecule has 2 N–H and O–H groups in total. The van der Waals surface area contributed by atoms with Gasteiger partial charge in [-0.25, -0.2) is 4.98 Å². The van der Waals surface area contributed by atoms with Crippen molar-refractivity contribution in [1.82, 2.24) is 25.2 Å². The molecular weight excluding hydrogens is 386 g/mol. The van der Waals surface area contributed by atoms with Crippen molar-refractivity contribution < 1.29 is 4.92 Å². The molecule has 4 aromatic rings. The van der Waals surface area contributed by atoms with Crippen molar-refractivity contribution in [2.45, 2.75) is 0 Å². The van der Waals surface area contributed by atoms with E-state index in [0.29, 0.717) is 41.3 Å². The van der Waals surface area contributed by atoms with Crippen molar-refractivity contribution in [2.24, 2.45) is 0 Å². The molecule has 0 aliphatic carbocycles. The van der Waals surface area contributed by atoms with Gasteiger partial charge in [0.1, 0.15) is 5.82 Å². The van der Waals surface area contributed by atoms with Crippen molar-refractivity contribution in [1.29, 1.82) is 5.26 Å². The van der Waals surface area contributed by atoms with E-state index < -0.39 is 4.92 Å². The summed E-state index contributed by atoms with van der Waals surface area (Å²) in [5.74, 6) is 0.997. The van der Waals surface area contributed by atoms with Crippen LogP contribution in [0.25, 0.3) is 16.6 Å². The Hall–Kier alpha value is -4.59. The van der Waals surface area contributed by atoms with E-state index in [0.717, 1.165) is 5.69 Å². The van der Waals surface area contributed by atoms with Crippen LogP contribution >= 0.6 is 0 Å². The van der Waals surface area contributed by atoms with Gasteiger partial charge in [0.05, 0.1) is 27.8 Å². The highest BCUT2D eigenvalue weighted by molar-refractivity contribution is 5.88. The Bertz CT molecular complexity index is 1250. The third-order valence-corrected chi connectivity index (χ3v) is 4.31. The summed E-state index contributed by atoms with van der Waals surface area (Å²) in [4.78, 5) is 14.9. The number of non-ortho nitro benzene ring substituents is 1. The monoisotopic (exact) mass is 401 g/mol. The maximum atomic E-state index is 11.0. The van der Waals surface area contributed by atoms with E-state index in [1.165, 1.54) is 18.2 Å². The number of nitrogens with zero attached hydrogens (tertiary/aromatic N) is 7. The van der Waals surface area contributed by atoms with Gasteiger partial charge in [-0.15, -0.1) is 0 Å². The predicted octanol–water partition coefficient (Wildman–Crippen LogP) is 2.51. The molecule has 11 heteroatoms. The predicted molar refractivity (Wildman–Crippen MR) is 109 cm³/mol. The fourth-order valence-electron chi connectivity index (χ4n) is 2.92. The molecule has 0 saturated carbocycles.